The van der Waals surface area contributed by atoms with Crippen molar-refractivity contribution < 1.29 is 80.2 Å². The van der Waals surface area contributed by atoms with Crippen molar-refractivity contribution in [2.24, 2.45) is 17.8 Å². The van der Waals surface area contributed by atoms with Gasteiger partial charge in [-0.15, -0.1) is 0 Å². The summed E-state index contributed by atoms with van der Waals surface area (Å²) in [6.07, 6.45) is 40.1. The van der Waals surface area contributed by atoms with Gasteiger partial charge in [-0.2, -0.15) is 0 Å². The van der Waals surface area contributed by atoms with Crippen molar-refractivity contribution in [3.8, 4) is 0 Å². The molecule has 0 aromatic carbocycles. The minimum absolute atomic E-state index is 0.0834. The fraction of sp³-hybridized carbons (Fsp3) is 0.877. The van der Waals surface area contributed by atoms with Crippen LogP contribution in [0.2, 0.25) is 0 Å². The van der Waals surface area contributed by atoms with Crippen LogP contribution in [0.5, 0.6) is 0 Å². The lowest BCUT2D eigenvalue weighted by molar-refractivity contribution is -0.161. The molecule has 0 aliphatic carbocycles. The summed E-state index contributed by atoms with van der Waals surface area (Å²) in [5.74, 6) is -0.0729. The molecule has 0 rings (SSSR count). The second-order valence-corrected chi connectivity index (χ2v) is 26.9. The van der Waals surface area contributed by atoms with Gasteiger partial charge in [0.2, 0.25) is 0 Å². The van der Waals surface area contributed by atoms with Gasteiger partial charge in [0.05, 0.1) is 26.4 Å². The minimum Gasteiger partial charge on any atom is -0.462 e. The second kappa shape index (κ2) is 55.8. The largest absolute Gasteiger partial charge is 0.472 e. The van der Waals surface area contributed by atoms with E-state index in [1.165, 1.54) is 77.0 Å². The Labute approximate surface area is 510 Å². The van der Waals surface area contributed by atoms with Gasteiger partial charge in [0.25, 0.3) is 0 Å². The highest BCUT2D eigenvalue weighted by atomic mass is 31.2. The van der Waals surface area contributed by atoms with Crippen molar-refractivity contribution in [3.63, 3.8) is 0 Å². The normalized spacial score (nSPS) is 14.9. The lowest BCUT2D eigenvalue weighted by atomic mass is 10.00. The predicted octanol–water partition coefficient (Wildman–Crippen LogP) is 17.4. The summed E-state index contributed by atoms with van der Waals surface area (Å²) in [7, 11) is -9.90. The van der Waals surface area contributed by atoms with E-state index in [1.807, 2.05) is 0 Å². The number of ether oxygens (including phenoxy) is 4. The number of hydrogen-bond donors (Lipinski definition) is 3. The molecule has 19 heteroatoms. The number of esters is 4. The highest BCUT2D eigenvalue weighted by Crippen LogP contribution is 2.45. The van der Waals surface area contributed by atoms with E-state index in [0.717, 1.165) is 121 Å². The fourth-order valence-corrected chi connectivity index (χ4v) is 10.7. The summed E-state index contributed by atoms with van der Waals surface area (Å²) in [5.41, 5.74) is 0. The molecule has 0 aromatic rings. The van der Waals surface area contributed by atoms with E-state index >= 15 is 0 Å². The van der Waals surface area contributed by atoms with E-state index in [4.69, 9.17) is 37.0 Å². The molecule has 6 atom stereocenters. The molecule has 0 aliphatic heterocycles. The first-order valence-electron chi connectivity index (χ1n) is 33.2. The third kappa shape index (κ3) is 57.3. The number of carbonyl (C=O) groups excluding carboxylic acids is 4. The summed E-state index contributed by atoms with van der Waals surface area (Å²) in [6, 6.07) is 0. The van der Waals surface area contributed by atoms with Gasteiger partial charge in [-0.1, -0.05) is 240 Å². The van der Waals surface area contributed by atoms with Gasteiger partial charge in [-0.3, -0.25) is 37.3 Å². The van der Waals surface area contributed by atoms with Gasteiger partial charge in [0.15, 0.2) is 12.2 Å². The van der Waals surface area contributed by atoms with Crippen LogP contribution in [-0.2, 0) is 65.4 Å². The maximum atomic E-state index is 13.0. The fourth-order valence-electron chi connectivity index (χ4n) is 9.08. The van der Waals surface area contributed by atoms with Crippen LogP contribution in [0, 0.1) is 17.8 Å². The molecule has 4 unspecified atom stereocenters. The van der Waals surface area contributed by atoms with Crippen LogP contribution in [0.3, 0.4) is 0 Å². The van der Waals surface area contributed by atoms with Crippen LogP contribution in [0.15, 0.2) is 24.3 Å². The highest BCUT2D eigenvalue weighted by Gasteiger charge is 2.30. The van der Waals surface area contributed by atoms with Crippen LogP contribution >= 0.6 is 15.6 Å². The Bertz CT molecular complexity index is 1760. The average Bonchev–Trinajstić information content (AvgIpc) is 3.50. The molecule has 17 nitrogen and oxygen atoms in total. The zero-order valence-corrected chi connectivity index (χ0v) is 55.6. The number of aliphatic hydroxyl groups is 1. The minimum atomic E-state index is -4.95. The summed E-state index contributed by atoms with van der Waals surface area (Å²) in [6.45, 7) is 11.5. The van der Waals surface area contributed by atoms with E-state index in [9.17, 15) is 43.2 Å². The second-order valence-electron chi connectivity index (χ2n) is 24.0. The number of unbranched alkanes of at least 4 members (excludes halogenated alkanes) is 25. The van der Waals surface area contributed by atoms with E-state index in [-0.39, 0.29) is 25.7 Å². The molecule has 3 N–H and O–H groups in total. The predicted molar refractivity (Wildman–Crippen MR) is 335 cm³/mol. The van der Waals surface area contributed by atoms with Crippen molar-refractivity contribution in [1.82, 2.24) is 0 Å². The maximum absolute atomic E-state index is 13.0. The van der Waals surface area contributed by atoms with Crippen molar-refractivity contribution in [2.45, 2.75) is 311 Å². The smallest absolute Gasteiger partial charge is 0.462 e. The van der Waals surface area contributed by atoms with Gasteiger partial charge in [0, 0.05) is 25.7 Å². The molecule has 0 radical (unpaired) electrons. The highest BCUT2D eigenvalue weighted by molar-refractivity contribution is 7.47. The van der Waals surface area contributed by atoms with E-state index in [1.54, 1.807) is 0 Å². The van der Waals surface area contributed by atoms with Crippen molar-refractivity contribution in [2.75, 3.05) is 39.6 Å². The Kier molecular flexibility index (Phi) is 54.2. The first kappa shape index (κ1) is 81.5. The molecular weight excluding hydrogens is 1110 g/mol. The monoisotopic (exact) mass is 1240 g/mol. The summed E-state index contributed by atoms with van der Waals surface area (Å²) >= 11 is 0. The van der Waals surface area contributed by atoms with Crippen molar-refractivity contribution >= 4 is 39.5 Å². The van der Waals surface area contributed by atoms with Crippen molar-refractivity contribution in [1.29, 1.82) is 0 Å². The van der Waals surface area contributed by atoms with E-state index in [0.29, 0.717) is 37.5 Å². The van der Waals surface area contributed by atoms with Crippen LogP contribution in [-0.4, -0.2) is 96.7 Å². The molecule has 0 aromatic heterocycles. The van der Waals surface area contributed by atoms with Crippen LogP contribution in [0.4, 0.5) is 0 Å². The Morgan fingerprint density at radius 3 is 1.06 bits per heavy atom. The number of allylic oxidation sites excluding steroid dienone is 4. The molecule has 0 spiro atoms. The number of hydrogen-bond acceptors (Lipinski definition) is 15. The maximum Gasteiger partial charge on any atom is 0.472 e. The first-order valence-corrected chi connectivity index (χ1v) is 36.2. The van der Waals surface area contributed by atoms with Crippen LogP contribution in [0.25, 0.3) is 0 Å². The third-order valence-electron chi connectivity index (χ3n) is 14.6. The molecule has 0 fully saturated rings. The van der Waals surface area contributed by atoms with E-state index < -0.39 is 97.5 Å². The van der Waals surface area contributed by atoms with Gasteiger partial charge in [-0.05, 0) is 69.1 Å². The van der Waals surface area contributed by atoms with Crippen molar-refractivity contribution in [3.05, 3.63) is 24.3 Å². The van der Waals surface area contributed by atoms with Gasteiger partial charge in [-0.25, -0.2) is 9.13 Å². The molecule has 84 heavy (non-hydrogen) atoms. The van der Waals surface area contributed by atoms with Gasteiger partial charge < -0.3 is 33.8 Å². The topological polar surface area (TPSA) is 237 Å². The zero-order chi connectivity index (χ0) is 62.4. The zero-order valence-electron chi connectivity index (χ0n) is 53.8. The van der Waals surface area contributed by atoms with Gasteiger partial charge >= 0.3 is 39.5 Å². The Hall–Kier alpha value is -2.46. The molecule has 494 valence electrons. The summed E-state index contributed by atoms with van der Waals surface area (Å²) in [4.78, 5) is 72.2. The molecule has 0 bridgehead atoms. The lowest BCUT2D eigenvalue weighted by Gasteiger charge is -2.21. The first-order chi connectivity index (χ1) is 40.3. The van der Waals surface area contributed by atoms with Crippen LogP contribution in [0.1, 0.15) is 292 Å². The average molecular weight is 1240 g/mol. The SMILES string of the molecule is CCCCCC/C=C\C=C/CCCCCCCC(=O)O[C@H](COC(=O)CCCCCCCCCC(C)C)COP(=O)(O)OCC(O)COP(=O)(O)OC[C@@H](COC(=O)CCCCCCCCC(C)C)OC(=O)CCCCCCCCC(C)CC. The lowest BCUT2D eigenvalue weighted by Crippen LogP contribution is -2.30. The number of carbonyl (C=O) groups is 4. The quantitative estimate of drug-likeness (QED) is 0.0169. The number of rotatable bonds is 61. The van der Waals surface area contributed by atoms with Crippen LogP contribution < -0.4 is 0 Å². The Balaban J connectivity index is 5.28. The molecule has 0 saturated carbocycles. The molecular formula is C65H122O17P2. The molecule has 0 aliphatic rings. The molecule has 0 heterocycles. The Morgan fingerprint density at radius 2 is 0.702 bits per heavy atom. The number of aliphatic hydroxyl groups excluding tert-OH is 1. The Morgan fingerprint density at radius 1 is 0.393 bits per heavy atom. The summed E-state index contributed by atoms with van der Waals surface area (Å²) in [5, 5.41) is 10.5. The number of phosphoric acid groups is 2. The third-order valence-corrected chi connectivity index (χ3v) is 16.5. The van der Waals surface area contributed by atoms with Gasteiger partial charge in [0.1, 0.15) is 19.3 Å². The molecule has 0 saturated heterocycles. The molecule has 0 amide bonds. The standard InChI is InChI=1S/C65H122O17P2/c1-8-10-11-12-13-14-15-16-17-18-19-20-23-34-41-48-64(69)81-60(52-75-62(67)46-39-32-24-21-22-29-36-43-56(3)4)54-79-83(71,72)77-50-59(66)51-78-84(73,74)80-55-61(53-76-63(68)47-40-33-27-25-30-37-44-57(5)6)82-65(70)49-42-35-28-26-31-38-45-58(7)9-2/h14-17,56-61,66H,8-13,18-55H2,1-7H3,(H,71,72)(H,73,74)/b15-14-,17-16-/t58?,59?,60-,61-/m1/s1. The summed E-state index contributed by atoms with van der Waals surface area (Å²) < 4.78 is 67.9. The number of phosphoric ester groups is 2. The van der Waals surface area contributed by atoms with E-state index in [2.05, 4.69) is 72.8 Å².